The number of carbonyl (C=O) groups excluding carboxylic acids is 2. The van der Waals surface area contributed by atoms with Crippen LogP contribution < -0.4 is 5.32 Å². The van der Waals surface area contributed by atoms with Gasteiger partial charge in [-0.05, 0) is 30.3 Å². The minimum atomic E-state index is -0.603. The summed E-state index contributed by atoms with van der Waals surface area (Å²) in [7, 11) is 0. The summed E-state index contributed by atoms with van der Waals surface area (Å²) in [5.41, 5.74) is 4.28. The Balaban J connectivity index is 1.21. The van der Waals surface area contributed by atoms with Gasteiger partial charge in [-0.1, -0.05) is 30.3 Å². The number of nitrogens with zero attached hydrogens (tertiary/aromatic N) is 3. The molecular formula is C24H17N5O3S. The van der Waals surface area contributed by atoms with E-state index in [1.54, 1.807) is 30.6 Å². The average Bonchev–Trinajstić information content (AvgIpc) is 3.50. The van der Waals surface area contributed by atoms with Crippen LogP contribution in [0.2, 0.25) is 0 Å². The van der Waals surface area contributed by atoms with E-state index in [1.807, 2.05) is 47.8 Å². The Labute approximate surface area is 192 Å². The number of thiazole rings is 1. The number of benzene rings is 2. The molecule has 9 heteroatoms. The Morgan fingerprint density at radius 3 is 2.67 bits per heavy atom. The molecule has 0 aliphatic carbocycles. The maximum Gasteiger partial charge on any atom is 0.338 e. The number of pyridine rings is 1. The molecule has 0 spiro atoms. The fraction of sp³-hybridized carbons (Fsp3) is 0.0417. The van der Waals surface area contributed by atoms with Crippen molar-refractivity contribution in [1.82, 2.24) is 19.9 Å². The highest BCUT2D eigenvalue weighted by atomic mass is 32.1. The largest absolute Gasteiger partial charge is 0.452 e. The number of ether oxygens (including phenoxy) is 1. The van der Waals surface area contributed by atoms with E-state index in [4.69, 9.17) is 4.74 Å². The van der Waals surface area contributed by atoms with Crippen molar-refractivity contribution in [3.63, 3.8) is 0 Å². The number of anilines is 1. The molecule has 8 nitrogen and oxygen atoms in total. The molecule has 5 rings (SSSR count). The van der Waals surface area contributed by atoms with Crippen molar-refractivity contribution in [2.45, 2.75) is 0 Å². The second-order valence-corrected chi connectivity index (χ2v) is 7.95. The highest BCUT2D eigenvalue weighted by Crippen LogP contribution is 2.24. The summed E-state index contributed by atoms with van der Waals surface area (Å²) in [5, 5.41) is 4.96. The van der Waals surface area contributed by atoms with Crippen molar-refractivity contribution in [3.05, 3.63) is 84.0 Å². The van der Waals surface area contributed by atoms with Crippen LogP contribution in [-0.4, -0.2) is 38.4 Å². The highest BCUT2D eigenvalue weighted by Gasteiger charge is 2.14. The Kier molecular flexibility index (Phi) is 5.61. The molecule has 33 heavy (non-hydrogen) atoms. The van der Waals surface area contributed by atoms with Crippen LogP contribution in [0.25, 0.3) is 33.7 Å². The Morgan fingerprint density at radius 1 is 1.00 bits per heavy atom. The van der Waals surface area contributed by atoms with Crippen LogP contribution in [-0.2, 0) is 9.53 Å². The van der Waals surface area contributed by atoms with Gasteiger partial charge in [-0.15, -0.1) is 11.3 Å². The zero-order valence-corrected chi connectivity index (χ0v) is 18.0. The predicted octanol–water partition coefficient (Wildman–Crippen LogP) is 4.54. The fourth-order valence-electron chi connectivity index (χ4n) is 3.22. The van der Waals surface area contributed by atoms with E-state index in [0.29, 0.717) is 27.6 Å². The van der Waals surface area contributed by atoms with E-state index in [2.05, 4.69) is 25.3 Å². The summed E-state index contributed by atoms with van der Waals surface area (Å²) in [6, 6.07) is 18.4. The molecule has 0 fully saturated rings. The Morgan fingerprint density at radius 2 is 1.85 bits per heavy atom. The molecule has 2 N–H and O–H groups in total. The smallest absolute Gasteiger partial charge is 0.338 e. The zero-order valence-electron chi connectivity index (χ0n) is 17.2. The lowest BCUT2D eigenvalue weighted by Gasteiger charge is -2.05. The van der Waals surface area contributed by atoms with Crippen LogP contribution in [0, 0.1) is 0 Å². The third-order valence-electron chi connectivity index (χ3n) is 4.81. The van der Waals surface area contributed by atoms with Gasteiger partial charge in [0, 0.05) is 28.9 Å². The summed E-state index contributed by atoms with van der Waals surface area (Å²) in [4.78, 5) is 40.8. The number of aromatic amines is 1. The highest BCUT2D eigenvalue weighted by molar-refractivity contribution is 7.14. The molecule has 0 atom stereocenters. The SMILES string of the molecule is O=C(COC(=O)c1ccc2nc(-c3cccnc3)[nH]c2c1)Nc1nc(-c2ccccc2)cs1. The lowest BCUT2D eigenvalue weighted by atomic mass is 10.2. The van der Waals surface area contributed by atoms with Crippen LogP contribution >= 0.6 is 11.3 Å². The third-order valence-corrected chi connectivity index (χ3v) is 5.56. The molecule has 162 valence electrons. The minimum Gasteiger partial charge on any atom is -0.452 e. The van der Waals surface area contributed by atoms with Gasteiger partial charge in [-0.2, -0.15) is 0 Å². The van der Waals surface area contributed by atoms with Crippen molar-refractivity contribution < 1.29 is 14.3 Å². The summed E-state index contributed by atoms with van der Waals surface area (Å²) >= 11 is 1.31. The van der Waals surface area contributed by atoms with Crippen molar-refractivity contribution >= 4 is 39.4 Å². The standard InChI is InChI=1S/C24H17N5O3S/c30-21(29-24-28-20(14-33-24)15-5-2-1-3-6-15)13-32-23(31)16-8-9-18-19(11-16)27-22(26-18)17-7-4-10-25-12-17/h1-12,14H,13H2,(H,26,27)(H,28,29,30). The second kappa shape index (κ2) is 9.01. The van der Waals surface area contributed by atoms with Gasteiger partial charge < -0.3 is 9.72 Å². The van der Waals surface area contributed by atoms with Gasteiger partial charge in [-0.25, -0.2) is 14.8 Å². The molecule has 1 amide bonds. The second-order valence-electron chi connectivity index (χ2n) is 7.09. The molecule has 3 aromatic heterocycles. The summed E-state index contributed by atoms with van der Waals surface area (Å²) in [6.45, 7) is -0.416. The Bertz CT molecular complexity index is 1430. The molecule has 0 aliphatic rings. The molecule has 3 heterocycles. The molecule has 0 aliphatic heterocycles. The van der Waals surface area contributed by atoms with Crippen LogP contribution in [0.4, 0.5) is 5.13 Å². The Hall–Kier alpha value is -4.37. The zero-order chi connectivity index (χ0) is 22.6. The minimum absolute atomic E-state index is 0.317. The number of amides is 1. The average molecular weight is 455 g/mol. The van der Waals surface area contributed by atoms with Crippen LogP contribution in [0.5, 0.6) is 0 Å². The first-order chi connectivity index (χ1) is 16.2. The fourth-order valence-corrected chi connectivity index (χ4v) is 3.95. The molecule has 5 aromatic rings. The molecule has 2 aromatic carbocycles. The van der Waals surface area contributed by atoms with Gasteiger partial charge in [-0.3, -0.25) is 15.1 Å². The first-order valence-corrected chi connectivity index (χ1v) is 10.9. The van der Waals surface area contributed by atoms with Crippen LogP contribution in [0.15, 0.2) is 78.4 Å². The molecule has 0 saturated heterocycles. The molecule has 0 radical (unpaired) electrons. The monoisotopic (exact) mass is 455 g/mol. The maximum atomic E-state index is 12.5. The topological polar surface area (TPSA) is 110 Å². The number of hydrogen-bond acceptors (Lipinski definition) is 7. The molecular weight excluding hydrogens is 438 g/mol. The van der Waals surface area contributed by atoms with Crippen LogP contribution in [0.3, 0.4) is 0 Å². The van der Waals surface area contributed by atoms with Gasteiger partial charge >= 0.3 is 5.97 Å². The first-order valence-electron chi connectivity index (χ1n) is 10.0. The van der Waals surface area contributed by atoms with E-state index in [9.17, 15) is 9.59 Å². The van der Waals surface area contributed by atoms with Crippen molar-refractivity contribution in [1.29, 1.82) is 0 Å². The predicted molar refractivity (Wildman–Crippen MR) is 126 cm³/mol. The summed E-state index contributed by atoms with van der Waals surface area (Å²) < 4.78 is 5.18. The van der Waals surface area contributed by atoms with Gasteiger partial charge in [0.2, 0.25) is 0 Å². The number of aromatic nitrogens is 4. The normalized spacial score (nSPS) is 10.8. The number of carbonyl (C=O) groups is 2. The van der Waals surface area contributed by atoms with Crippen LogP contribution in [0.1, 0.15) is 10.4 Å². The van der Waals surface area contributed by atoms with Gasteiger partial charge in [0.1, 0.15) is 5.82 Å². The number of nitrogens with one attached hydrogen (secondary N) is 2. The first kappa shape index (κ1) is 20.5. The van der Waals surface area contributed by atoms with Gasteiger partial charge in [0.25, 0.3) is 5.91 Å². The van der Waals surface area contributed by atoms with E-state index in [1.165, 1.54) is 11.3 Å². The number of H-pyrrole nitrogens is 1. The molecule has 0 saturated carbocycles. The quantitative estimate of drug-likeness (QED) is 0.364. The van der Waals surface area contributed by atoms with E-state index < -0.39 is 18.5 Å². The summed E-state index contributed by atoms with van der Waals surface area (Å²) in [6.07, 6.45) is 3.39. The lowest BCUT2D eigenvalue weighted by Crippen LogP contribution is -2.20. The third kappa shape index (κ3) is 4.63. The number of fused-ring (bicyclic) bond motifs is 1. The lowest BCUT2D eigenvalue weighted by molar-refractivity contribution is -0.119. The molecule has 0 bridgehead atoms. The van der Waals surface area contributed by atoms with Crippen molar-refractivity contribution in [2.75, 3.05) is 11.9 Å². The number of imidazole rings is 1. The molecule has 0 unspecified atom stereocenters. The van der Waals surface area contributed by atoms with E-state index in [-0.39, 0.29) is 0 Å². The van der Waals surface area contributed by atoms with E-state index >= 15 is 0 Å². The van der Waals surface area contributed by atoms with Crippen molar-refractivity contribution in [3.8, 4) is 22.6 Å². The number of esters is 1. The number of hydrogen-bond donors (Lipinski definition) is 2. The summed E-state index contributed by atoms with van der Waals surface area (Å²) in [5.74, 6) is -0.409. The maximum absolute atomic E-state index is 12.5. The van der Waals surface area contributed by atoms with E-state index in [0.717, 1.165) is 16.8 Å². The van der Waals surface area contributed by atoms with Crippen molar-refractivity contribution in [2.24, 2.45) is 0 Å². The van der Waals surface area contributed by atoms with Gasteiger partial charge in [0.05, 0.1) is 22.3 Å². The van der Waals surface area contributed by atoms with Gasteiger partial charge in [0.15, 0.2) is 11.7 Å². The number of rotatable bonds is 6.